The Morgan fingerprint density at radius 1 is 1.53 bits per heavy atom. The van der Waals surface area contributed by atoms with Crippen molar-refractivity contribution >= 4 is 0 Å². The number of hydrogen-bond donors (Lipinski definition) is 0. The summed E-state index contributed by atoms with van der Waals surface area (Å²) in [5.74, 6) is 0. The molecule has 0 aliphatic carbocycles. The van der Waals surface area contributed by atoms with Gasteiger partial charge in [-0.05, 0) is 19.0 Å². The van der Waals surface area contributed by atoms with Gasteiger partial charge in [-0.1, -0.05) is 31.4 Å². The normalized spacial score (nSPS) is 28.0. The van der Waals surface area contributed by atoms with Crippen LogP contribution in [0.4, 0.5) is 0 Å². The predicted molar refractivity (Wildman–Crippen MR) is 64.9 cm³/mol. The molecular formula is C13H21NO. The first-order valence-corrected chi connectivity index (χ1v) is 5.33. The first kappa shape index (κ1) is 12.2. The highest BCUT2D eigenvalue weighted by Crippen LogP contribution is 2.30. The topological polar surface area (TPSA) is 12.5 Å². The van der Waals surface area contributed by atoms with Gasteiger partial charge in [-0.2, -0.15) is 0 Å². The van der Waals surface area contributed by atoms with E-state index >= 15 is 0 Å². The van der Waals surface area contributed by atoms with Gasteiger partial charge in [0.1, 0.15) is 0 Å². The largest absolute Gasteiger partial charge is 0.377 e. The van der Waals surface area contributed by atoms with Gasteiger partial charge in [-0.15, -0.1) is 0 Å². The lowest BCUT2D eigenvalue weighted by Crippen LogP contribution is -2.34. The molecule has 1 heterocycles. The number of allylic oxidation sites excluding steroid dienone is 3. The van der Waals surface area contributed by atoms with Gasteiger partial charge >= 0.3 is 0 Å². The van der Waals surface area contributed by atoms with E-state index in [1.54, 1.807) is 13.2 Å². The van der Waals surface area contributed by atoms with Crippen LogP contribution < -0.4 is 0 Å². The first-order chi connectivity index (χ1) is 7.15. The van der Waals surface area contributed by atoms with Crippen LogP contribution in [0.2, 0.25) is 0 Å². The summed E-state index contributed by atoms with van der Waals surface area (Å²) in [5.41, 5.74) is 1.17. The van der Waals surface area contributed by atoms with Gasteiger partial charge in [0.15, 0.2) is 0 Å². The van der Waals surface area contributed by atoms with E-state index in [4.69, 9.17) is 4.74 Å². The highest BCUT2D eigenvalue weighted by atomic mass is 16.5. The van der Waals surface area contributed by atoms with E-state index in [9.17, 15) is 0 Å². The SMILES string of the molecule is C=C/C=C(\C=C)CC1(OC)CCN(C)C1. The molecule has 1 rings (SSSR count). The number of hydrogen-bond acceptors (Lipinski definition) is 2. The minimum absolute atomic E-state index is 0.0300. The van der Waals surface area contributed by atoms with Gasteiger partial charge in [0.2, 0.25) is 0 Å². The second-order valence-electron chi connectivity index (χ2n) is 4.23. The molecule has 0 bridgehead atoms. The number of methoxy groups -OCH3 is 1. The Kier molecular flexibility index (Phi) is 4.30. The molecule has 1 saturated heterocycles. The Morgan fingerprint density at radius 3 is 2.67 bits per heavy atom. The van der Waals surface area contributed by atoms with Crippen LogP contribution in [-0.4, -0.2) is 37.7 Å². The lowest BCUT2D eigenvalue weighted by atomic mass is 9.93. The predicted octanol–water partition coefficient (Wildman–Crippen LogP) is 2.40. The first-order valence-electron chi connectivity index (χ1n) is 5.33. The van der Waals surface area contributed by atoms with Crippen molar-refractivity contribution in [2.45, 2.75) is 18.4 Å². The van der Waals surface area contributed by atoms with Crippen molar-refractivity contribution in [1.29, 1.82) is 0 Å². The molecule has 0 aromatic carbocycles. The number of likely N-dealkylation sites (tertiary alicyclic amines) is 1. The maximum Gasteiger partial charge on any atom is 0.0857 e. The van der Waals surface area contributed by atoms with Crippen molar-refractivity contribution in [3.63, 3.8) is 0 Å². The molecule has 0 N–H and O–H groups in total. The number of rotatable bonds is 5. The van der Waals surface area contributed by atoms with Crippen molar-refractivity contribution in [1.82, 2.24) is 4.90 Å². The zero-order chi connectivity index (χ0) is 11.3. The highest BCUT2D eigenvalue weighted by Gasteiger charge is 2.36. The van der Waals surface area contributed by atoms with E-state index in [-0.39, 0.29) is 5.60 Å². The van der Waals surface area contributed by atoms with Crippen molar-refractivity contribution in [3.8, 4) is 0 Å². The molecule has 0 saturated carbocycles. The molecule has 84 valence electrons. The summed E-state index contributed by atoms with van der Waals surface area (Å²) in [6, 6.07) is 0. The van der Waals surface area contributed by atoms with Crippen LogP contribution in [0.5, 0.6) is 0 Å². The van der Waals surface area contributed by atoms with E-state index < -0.39 is 0 Å². The van der Waals surface area contributed by atoms with E-state index in [1.165, 1.54) is 5.57 Å². The van der Waals surface area contributed by atoms with E-state index in [2.05, 4.69) is 25.1 Å². The summed E-state index contributed by atoms with van der Waals surface area (Å²) in [4.78, 5) is 2.30. The third kappa shape index (κ3) is 3.05. The summed E-state index contributed by atoms with van der Waals surface area (Å²) < 4.78 is 5.68. The maximum atomic E-state index is 5.68. The molecule has 0 aromatic rings. The fourth-order valence-electron chi connectivity index (χ4n) is 2.15. The maximum absolute atomic E-state index is 5.68. The van der Waals surface area contributed by atoms with Crippen LogP contribution >= 0.6 is 0 Å². The van der Waals surface area contributed by atoms with Crippen LogP contribution in [0, 0.1) is 0 Å². The van der Waals surface area contributed by atoms with Gasteiger partial charge < -0.3 is 9.64 Å². The molecule has 15 heavy (non-hydrogen) atoms. The average Bonchev–Trinajstić information content (AvgIpc) is 2.60. The summed E-state index contributed by atoms with van der Waals surface area (Å²) in [7, 11) is 3.93. The van der Waals surface area contributed by atoms with Gasteiger partial charge in [-0.3, -0.25) is 0 Å². The van der Waals surface area contributed by atoms with E-state index in [1.807, 2.05) is 12.2 Å². The Hall–Kier alpha value is -0.860. The van der Waals surface area contributed by atoms with Crippen molar-refractivity contribution in [2.75, 3.05) is 27.2 Å². The third-order valence-electron chi connectivity index (χ3n) is 3.06. The second kappa shape index (κ2) is 5.29. The lowest BCUT2D eigenvalue weighted by Gasteiger charge is -2.28. The second-order valence-corrected chi connectivity index (χ2v) is 4.23. The van der Waals surface area contributed by atoms with Crippen molar-refractivity contribution in [3.05, 3.63) is 37.0 Å². The molecule has 2 nitrogen and oxygen atoms in total. The summed E-state index contributed by atoms with van der Waals surface area (Å²) in [6.07, 6.45) is 7.71. The Bertz CT molecular complexity index is 270. The monoisotopic (exact) mass is 207 g/mol. The molecule has 0 amide bonds. The molecule has 0 aromatic heterocycles. The zero-order valence-electron chi connectivity index (χ0n) is 9.83. The molecule has 2 heteroatoms. The van der Waals surface area contributed by atoms with Crippen LogP contribution in [0.3, 0.4) is 0 Å². The summed E-state index contributed by atoms with van der Waals surface area (Å²) in [6.45, 7) is 9.63. The van der Waals surface area contributed by atoms with Gasteiger partial charge in [0, 0.05) is 26.6 Å². The quantitative estimate of drug-likeness (QED) is 0.642. The van der Waals surface area contributed by atoms with Crippen LogP contribution in [-0.2, 0) is 4.74 Å². The third-order valence-corrected chi connectivity index (χ3v) is 3.06. The molecule has 0 spiro atoms. The van der Waals surface area contributed by atoms with E-state index in [0.717, 1.165) is 25.9 Å². The highest BCUT2D eigenvalue weighted by molar-refractivity contribution is 5.24. The van der Waals surface area contributed by atoms with Crippen LogP contribution in [0.15, 0.2) is 37.0 Å². The lowest BCUT2D eigenvalue weighted by molar-refractivity contribution is 0.00135. The van der Waals surface area contributed by atoms with Crippen LogP contribution in [0.25, 0.3) is 0 Å². The molecule has 1 atom stereocenters. The number of likely N-dealkylation sites (N-methyl/N-ethyl adjacent to an activating group) is 1. The van der Waals surface area contributed by atoms with Gasteiger partial charge in [0.25, 0.3) is 0 Å². The summed E-state index contributed by atoms with van der Waals surface area (Å²) in [5, 5.41) is 0. The van der Waals surface area contributed by atoms with Gasteiger partial charge in [0.05, 0.1) is 5.60 Å². The molecular weight excluding hydrogens is 186 g/mol. The van der Waals surface area contributed by atoms with E-state index in [0.29, 0.717) is 0 Å². The minimum Gasteiger partial charge on any atom is -0.377 e. The minimum atomic E-state index is -0.0300. The Labute approximate surface area is 92.9 Å². The Morgan fingerprint density at radius 2 is 2.27 bits per heavy atom. The zero-order valence-corrected chi connectivity index (χ0v) is 9.83. The average molecular weight is 207 g/mol. The number of nitrogens with zero attached hydrogens (tertiary/aromatic N) is 1. The fraction of sp³-hybridized carbons (Fsp3) is 0.538. The molecule has 1 unspecified atom stereocenters. The van der Waals surface area contributed by atoms with Crippen LogP contribution in [0.1, 0.15) is 12.8 Å². The number of ether oxygens (including phenoxy) is 1. The van der Waals surface area contributed by atoms with Gasteiger partial charge in [-0.25, -0.2) is 0 Å². The summed E-state index contributed by atoms with van der Waals surface area (Å²) >= 11 is 0. The van der Waals surface area contributed by atoms with Crippen molar-refractivity contribution in [2.24, 2.45) is 0 Å². The van der Waals surface area contributed by atoms with Crippen molar-refractivity contribution < 1.29 is 4.74 Å². The Balaban J connectivity index is 2.72. The molecule has 1 aliphatic rings. The fourth-order valence-corrected chi connectivity index (χ4v) is 2.15. The molecule has 1 fully saturated rings. The smallest absolute Gasteiger partial charge is 0.0857 e. The molecule has 0 radical (unpaired) electrons. The standard InChI is InChI=1S/C13H21NO/c1-5-7-12(6-2)10-13(15-4)8-9-14(3)11-13/h5-7H,1-2,8-11H2,3-4H3/b12-7+. The molecule has 1 aliphatic heterocycles.